The highest BCUT2D eigenvalue weighted by molar-refractivity contribution is 7.09. The van der Waals surface area contributed by atoms with Crippen LogP contribution < -0.4 is 5.73 Å². The monoisotopic (exact) mass is 234 g/mol. The van der Waals surface area contributed by atoms with Gasteiger partial charge in [0, 0.05) is 17.8 Å². The molecule has 2 rings (SSSR count). The molecular formula is C12H14N2OS. The first-order valence-electron chi connectivity index (χ1n) is 5.13. The lowest BCUT2D eigenvalue weighted by Crippen LogP contribution is -2.05. The van der Waals surface area contributed by atoms with Gasteiger partial charge in [0.2, 0.25) is 0 Å². The lowest BCUT2D eigenvalue weighted by molar-refractivity contribution is 0.475. The van der Waals surface area contributed by atoms with Crippen molar-refractivity contribution in [3.63, 3.8) is 0 Å². The summed E-state index contributed by atoms with van der Waals surface area (Å²) < 4.78 is 0. The first kappa shape index (κ1) is 11.1. The van der Waals surface area contributed by atoms with E-state index in [1.807, 2.05) is 24.4 Å². The van der Waals surface area contributed by atoms with Crippen LogP contribution in [0.15, 0.2) is 29.6 Å². The number of nitrogens with zero attached hydrogens (tertiary/aromatic N) is 1. The van der Waals surface area contributed by atoms with Crippen molar-refractivity contribution in [2.45, 2.75) is 19.4 Å². The van der Waals surface area contributed by atoms with Crippen molar-refractivity contribution in [1.29, 1.82) is 0 Å². The second-order valence-electron chi connectivity index (χ2n) is 3.80. The fraction of sp³-hybridized carbons (Fsp3) is 0.250. The molecule has 16 heavy (non-hydrogen) atoms. The molecule has 1 heterocycles. The third kappa shape index (κ3) is 2.59. The molecule has 0 fully saturated rings. The third-order valence-electron chi connectivity index (χ3n) is 2.33. The summed E-state index contributed by atoms with van der Waals surface area (Å²) in [7, 11) is 0. The summed E-state index contributed by atoms with van der Waals surface area (Å²) in [5, 5.41) is 12.2. The van der Waals surface area contributed by atoms with Gasteiger partial charge < -0.3 is 10.8 Å². The number of aromatic nitrogens is 1. The number of thiazole rings is 1. The molecule has 1 aromatic carbocycles. The molecule has 4 heteroatoms. The Kier molecular flexibility index (Phi) is 3.22. The van der Waals surface area contributed by atoms with Gasteiger partial charge in [0.15, 0.2) is 0 Å². The Balaban J connectivity index is 2.11. The van der Waals surface area contributed by atoms with Crippen LogP contribution in [0.2, 0.25) is 0 Å². The van der Waals surface area contributed by atoms with Crippen LogP contribution in [0.4, 0.5) is 0 Å². The average Bonchev–Trinajstić information content (AvgIpc) is 2.70. The van der Waals surface area contributed by atoms with Gasteiger partial charge in [-0.3, -0.25) is 0 Å². The van der Waals surface area contributed by atoms with Crippen LogP contribution in [0, 0.1) is 0 Å². The van der Waals surface area contributed by atoms with Gasteiger partial charge in [0.05, 0.1) is 10.7 Å². The molecule has 0 aliphatic carbocycles. The Morgan fingerprint density at radius 3 is 2.62 bits per heavy atom. The molecular weight excluding hydrogens is 220 g/mol. The van der Waals surface area contributed by atoms with Gasteiger partial charge >= 0.3 is 0 Å². The van der Waals surface area contributed by atoms with Crippen molar-refractivity contribution < 1.29 is 5.11 Å². The van der Waals surface area contributed by atoms with Crippen LogP contribution in [-0.2, 0) is 6.42 Å². The normalized spacial score (nSPS) is 12.6. The zero-order valence-electron chi connectivity index (χ0n) is 9.05. The van der Waals surface area contributed by atoms with Gasteiger partial charge in [-0.15, -0.1) is 11.3 Å². The number of phenols is 1. The van der Waals surface area contributed by atoms with Crippen LogP contribution in [-0.4, -0.2) is 10.1 Å². The molecule has 3 N–H and O–H groups in total. The van der Waals surface area contributed by atoms with E-state index in [4.69, 9.17) is 5.73 Å². The molecule has 3 nitrogen and oxygen atoms in total. The van der Waals surface area contributed by atoms with E-state index in [0.717, 1.165) is 22.7 Å². The standard InChI is InChI=1S/C12H14N2OS/c1-8(13)11-7-16-12(14-11)6-9-2-4-10(15)5-3-9/h2-5,7-8,15H,6,13H2,1H3. The SMILES string of the molecule is CC(N)c1csc(Cc2ccc(O)cc2)n1. The molecule has 1 atom stereocenters. The van der Waals surface area contributed by atoms with Crippen molar-refractivity contribution in [3.05, 3.63) is 45.9 Å². The number of nitrogens with two attached hydrogens (primary N) is 1. The van der Waals surface area contributed by atoms with E-state index >= 15 is 0 Å². The minimum absolute atomic E-state index is 0.00943. The van der Waals surface area contributed by atoms with E-state index in [1.54, 1.807) is 23.5 Å². The van der Waals surface area contributed by atoms with Gasteiger partial charge in [0.25, 0.3) is 0 Å². The highest BCUT2D eigenvalue weighted by atomic mass is 32.1. The lowest BCUT2D eigenvalue weighted by Gasteiger charge is -1.99. The van der Waals surface area contributed by atoms with Crippen LogP contribution in [0.3, 0.4) is 0 Å². The summed E-state index contributed by atoms with van der Waals surface area (Å²) in [4.78, 5) is 4.46. The number of phenolic OH excluding ortho intramolecular Hbond substituents is 1. The minimum Gasteiger partial charge on any atom is -0.508 e. The maximum absolute atomic E-state index is 9.17. The number of hydrogen-bond donors (Lipinski definition) is 2. The Hall–Kier alpha value is -1.39. The maximum Gasteiger partial charge on any atom is 0.115 e. The van der Waals surface area contributed by atoms with Crippen LogP contribution in [0.5, 0.6) is 5.75 Å². The molecule has 84 valence electrons. The van der Waals surface area contributed by atoms with Crippen molar-refractivity contribution in [3.8, 4) is 5.75 Å². The number of hydrogen-bond acceptors (Lipinski definition) is 4. The topological polar surface area (TPSA) is 59.1 Å². The zero-order valence-corrected chi connectivity index (χ0v) is 9.87. The van der Waals surface area contributed by atoms with E-state index in [-0.39, 0.29) is 6.04 Å². The smallest absolute Gasteiger partial charge is 0.115 e. The fourth-order valence-corrected chi connectivity index (χ4v) is 2.34. The van der Waals surface area contributed by atoms with Crippen LogP contribution in [0.1, 0.15) is 29.2 Å². The molecule has 0 radical (unpaired) electrons. The van der Waals surface area contributed by atoms with Crippen LogP contribution in [0.25, 0.3) is 0 Å². The van der Waals surface area contributed by atoms with Crippen molar-refractivity contribution >= 4 is 11.3 Å². The van der Waals surface area contributed by atoms with Gasteiger partial charge in [-0.2, -0.15) is 0 Å². The molecule has 0 saturated heterocycles. The van der Waals surface area contributed by atoms with Gasteiger partial charge in [-0.25, -0.2) is 4.98 Å². The first-order chi connectivity index (χ1) is 7.65. The van der Waals surface area contributed by atoms with Crippen molar-refractivity contribution in [2.24, 2.45) is 5.73 Å². The number of benzene rings is 1. The third-order valence-corrected chi connectivity index (χ3v) is 3.19. The summed E-state index contributed by atoms with van der Waals surface area (Å²) in [6.45, 7) is 1.93. The summed E-state index contributed by atoms with van der Waals surface area (Å²) in [5.41, 5.74) is 7.84. The minimum atomic E-state index is -0.00943. The van der Waals surface area contributed by atoms with Crippen molar-refractivity contribution in [1.82, 2.24) is 4.98 Å². The molecule has 0 aliphatic heterocycles. The van der Waals surface area contributed by atoms with Gasteiger partial charge in [-0.05, 0) is 24.6 Å². The highest BCUT2D eigenvalue weighted by Gasteiger charge is 2.06. The Bertz CT molecular complexity index is 462. The molecule has 0 bridgehead atoms. The number of rotatable bonds is 3. The predicted octanol–water partition coefficient (Wildman–Crippen LogP) is 2.46. The van der Waals surface area contributed by atoms with E-state index in [1.165, 1.54) is 0 Å². The molecule has 2 aromatic rings. The van der Waals surface area contributed by atoms with Crippen molar-refractivity contribution in [2.75, 3.05) is 0 Å². The predicted molar refractivity (Wildman–Crippen MR) is 65.6 cm³/mol. The Morgan fingerprint density at radius 2 is 2.06 bits per heavy atom. The Morgan fingerprint density at radius 1 is 1.38 bits per heavy atom. The van der Waals surface area contributed by atoms with Gasteiger partial charge in [0.1, 0.15) is 5.75 Å². The summed E-state index contributed by atoms with van der Waals surface area (Å²) in [6, 6.07) is 7.18. The zero-order chi connectivity index (χ0) is 11.5. The molecule has 0 aliphatic rings. The average molecular weight is 234 g/mol. The maximum atomic E-state index is 9.17. The summed E-state index contributed by atoms with van der Waals surface area (Å²) in [6.07, 6.45) is 0.789. The number of aromatic hydroxyl groups is 1. The lowest BCUT2D eigenvalue weighted by atomic mass is 10.1. The largest absolute Gasteiger partial charge is 0.508 e. The van der Waals surface area contributed by atoms with Gasteiger partial charge in [-0.1, -0.05) is 12.1 Å². The second kappa shape index (κ2) is 4.63. The van der Waals surface area contributed by atoms with Crippen LogP contribution >= 0.6 is 11.3 Å². The molecule has 0 spiro atoms. The van der Waals surface area contributed by atoms with E-state index < -0.39 is 0 Å². The second-order valence-corrected chi connectivity index (χ2v) is 4.74. The summed E-state index contributed by atoms with van der Waals surface area (Å²) in [5.74, 6) is 0.291. The Labute approximate surface area is 98.6 Å². The fourth-order valence-electron chi connectivity index (χ4n) is 1.40. The highest BCUT2D eigenvalue weighted by Crippen LogP contribution is 2.19. The van der Waals surface area contributed by atoms with E-state index in [2.05, 4.69) is 4.98 Å². The first-order valence-corrected chi connectivity index (χ1v) is 6.01. The molecule has 0 amide bonds. The molecule has 1 unspecified atom stereocenters. The summed E-state index contributed by atoms with van der Waals surface area (Å²) >= 11 is 1.62. The van der Waals surface area contributed by atoms with E-state index in [9.17, 15) is 5.11 Å². The quantitative estimate of drug-likeness (QED) is 0.857. The molecule has 1 aromatic heterocycles. The molecule has 0 saturated carbocycles. The van der Waals surface area contributed by atoms with E-state index in [0.29, 0.717) is 5.75 Å².